The lowest BCUT2D eigenvalue weighted by atomic mass is 9.82. The molecule has 0 bridgehead atoms. The first-order valence-electron chi connectivity index (χ1n) is 21.5. The minimum absolute atomic E-state index is 0.0361. The van der Waals surface area contributed by atoms with Gasteiger partial charge in [-0.25, -0.2) is 14.6 Å². The number of piperidine rings is 1. The monoisotopic (exact) mass is 868 g/mol. The summed E-state index contributed by atoms with van der Waals surface area (Å²) < 4.78 is 10.6. The lowest BCUT2D eigenvalue weighted by Crippen LogP contribution is -2.50. The Kier molecular flexibility index (Phi) is 17.9. The number of amides is 3. The van der Waals surface area contributed by atoms with Gasteiger partial charge in [-0.05, 0) is 75.9 Å². The van der Waals surface area contributed by atoms with Crippen LogP contribution in [0.15, 0.2) is 29.6 Å². The molecule has 0 radical (unpaired) electrons. The van der Waals surface area contributed by atoms with Crippen LogP contribution in [0.3, 0.4) is 0 Å². The SMILES string of the molecule is CCCN(C(=O)[C@@H](CC(=O)[C@H]1CCCCN1C)[C@@H](C)CC)[C@H](C[C@@H](OC(=O)NC)c1nc(C(=O)N[C@@H](Cc2ccc([N+](=O)[O-])cc2)CC2(C(=O)C(=O)OC)CC2)cs1)C(C)C. The number of likely N-dealkylation sites (tertiary alicyclic amines) is 1. The average Bonchev–Trinajstić information content (AvgIpc) is 3.85. The molecule has 0 unspecified atom stereocenters. The first kappa shape index (κ1) is 48.9. The third-order valence-electron chi connectivity index (χ3n) is 12.4. The Bertz CT molecular complexity index is 1860. The quantitative estimate of drug-likeness (QED) is 0.0534. The molecule has 2 aromatic rings. The largest absolute Gasteiger partial charge is 0.463 e. The van der Waals surface area contributed by atoms with E-state index in [0.717, 1.165) is 50.7 Å². The normalized spacial score (nSPS) is 18.5. The highest BCUT2D eigenvalue weighted by Crippen LogP contribution is 2.51. The Hall–Kier alpha value is -4.77. The number of nitro benzene ring substituents is 1. The molecule has 1 aromatic heterocycles. The summed E-state index contributed by atoms with van der Waals surface area (Å²) in [5.74, 6) is -2.87. The molecule has 336 valence electrons. The summed E-state index contributed by atoms with van der Waals surface area (Å²) in [6.07, 6.45) is 4.08. The second kappa shape index (κ2) is 22.4. The summed E-state index contributed by atoms with van der Waals surface area (Å²) in [5.41, 5.74) is -0.397. The van der Waals surface area contributed by atoms with Crippen LogP contribution >= 0.6 is 11.3 Å². The van der Waals surface area contributed by atoms with E-state index in [1.54, 1.807) is 17.5 Å². The molecule has 2 heterocycles. The van der Waals surface area contributed by atoms with Crippen LogP contribution in [0.1, 0.15) is 126 Å². The zero-order chi connectivity index (χ0) is 45.0. The van der Waals surface area contributed by atoms with Gasteiger partial charge < -0.3 is 25.0 Å². The topological polar surface area (TPSA) is 207 Å². The van der Waals surface area contributed by atoms with Gasteiger partial charge in [0.15, 0.2) is 11.9 Å². The van der Waals surface area contributed by atoms with Gasteiger partial charge in [-0.1, -0.05) is 59.6 Å². The molecule has 17 heteroatoms. The highest BCUT2D eigenvalue weighted by Gasteiger charge is 2.54. The predicted molar refractivity (Wildman–Crippen MR) is 230 cm³/mol. The molecule has 2 N–H and O–H groups in total. The maximum Gasteiger partial charge on any atom is 0.407 e. The van der Waals surface area contributed by atoms with Crippen molar-refractivity contribution >= 4 is 52.5 Å². The predicted octanol–water partition coefficient (Wildman–Crippen LogP) is 6.46. The van der Waals surface area contributed by atoms with E-state index >= 15 is 0 Å². The standard InChI is InChI=1S/C44H64N6O10S/c1-9-20-49(41(54)32(28(5)10-2)23-36(51)34-13-11-12-21-48(34)7)35(27(3)4)24-37(60-43(56)45-6)40-47-33(26-61-40)39(53)46-30(22-29-14-16-31(17-15-29)50(57)58)25-44(18-19-44)38(52)42(55)59-8/h14-17,26-28,30,32,34-35,37H,9-13,18-25H2,1-8H3,(H,45,56)(H,46,53)/t28-,30-,32-,34+,35+,37+/m0/s1. The van der Waals surface area contributed by atoms with Crippen LogP contribution in [0.5, 0.6) is 0 Å². The fraction of sp³-hybridized carbons (Fsp3) is 0.659. The van der Waals surface area contributed by atoms with Crippen LogP contribution in [0.2, 0.25) is 0 Å². The van der Waals surface area contributed by atoms with E-state index in [4.69, 9.17) is 9.47 Å². The van der Waals surface area contributed by atoms with Crippen molar-refractivity contribution in [3.05, 3.63) is 56.0 Å². The van der Waals surface area contributed by atoms with E-state index in [0.29, 0.717) is 36.4 Å². The van der Waals surface area contributed by atoms with E-state index in [-0.39, 0.29) is 66.6 Å². The van der Waals surface area contributed by atoms with Gasteiger partial charge in [-0.15, -0.1) is 11.3 Å². The third kappa shape index (κ3) is 12.9. The number of ketones is 2. The van der Waals surface area contributed by atoms with Crippen LogP contribution in [0, 0.1) is 33.3 Å². The number of benzene rings is 1. The van der Waals surface area contributed by atoms with Gasteiger partial charge in [-0.3, -0.25) is 34.2 Å². The van der Waals surface area contributed by atoms with Crippen LogP contribution < -0.4 is 10.6 Å². The molecule has 1 saturated heterocycles. The number of aromatic nitrogens is 1. The summed E-state index contributed by atoms with van der Waals surface area (Å²) in [6, 6.07) is 4.59. The number of hydrogen-bond acceptors (Lipinski definition) is 13. The fourth-order valence-corrected chi connectivity index (χ4v) is 9.22. The Morgan fingerprint density at radius 1 is 1.08 bits per heavy atom. The van der Waals surface area contributed by atoms with Gasteiger partial charge in [0.2, 0.25) is 11.7 Å². The Morgan fingerprint density at radius 3 is 2.33 bits per heavy atom. The van der Waals surface area contributed by atoms with Gasteiger partial charge in [-0.2, -0.15) is 0 Å². The summed E-state index contributed by atoms with van der Waals surface area (Å²) in [6.45, 7) is 11.3. The lowest BCUT2D eigenvalue weighted by Gasteiger charge is -2.39. The number of non-ortho nitro benzene ring substituents is 1. The molecular formula is C44H64N6O10S. The number of rotatable bonds is 23. The Balaban J connectivity index is 1.61. The molecule has 16 nitrogen and oxygen atoms in total. The molecule has 61 heavy (non-hydrogen) atoms. The number of thiazole rings is 1. The van der Waals surface area contributed by atoms with Crippen molar-refractivity contribution in [2.24, 2.45) is 23.2 Å². The molecule has 1 aromatic carbocycles. The van der Waals surface area contributed by atoms with Crippen LogP contribution in [-0.4, -0.2) is 108 Å². The van der Waals surface area contributed by atoms with Crippen molar-refractivity contribution in [2.45, 2.75) is 129 Å². The van der Waals surface area contributed by atoms with E-state index in [9.17, 15) is 38.9 Å². The highest BCUT2D eigenvalue weighted by atomic mass is 32.1. The van der Waals surface area contributed by atoms with Crippen molar-refractivity contribution in [3.63, 3.8) is 0 Å². The number of alkyl carbamates (subject to hydrolysis) is 1. The van der Waals surface area contributed by atoms with Crippen molar-refractivity contribution in [1.29, 1.82) is 0 Å². The maximum atomic E-state index is 14.7. The number of Topliss-reactive ketones (excluding diaryl/α,β-unsaturated/α-hetero) is 2. The number of methoxy groups -OCH3 is 1. The summed E-state index contributed by atoms with van der Waals surface area (Å²) >= 11 is 1.13. The first-order chi connectivity index (χ1) is 29.0. The zero-order valence-electron chi connectivity index (χ0n) is 36.9. The van der Waals surface area contributed by atoms with Gasteiger partial charge in [0.25, 0.3) is 11.6 Å². The summed E-state index contributed by atoms with van der Waals surface area (Å²) in [7, 11) is 4.55. The second-order valence-electron chi connectivity index (χ2n) is 17.1. The fourth-order valence-electron chi connectivity index (χ4n) is 8.38. The molecule has 4 rings (SSSR count). The van der Waals surface area contributed by atoms with Crippen molar-refractivity contribution in [3.8, 4) is 0 Å². The van der Waals surface area contributed by atoms with E-state index in [1.807, 2.05) is 46.6 Å². The number of esters is 1. The van der Waals surface area contributed by atoms with E-state index in [2.05, 4.69) is 20.5 Å². The first-order valence-corrected chi connectivity index (χ1v) is 22.4. The van der Waals surface area contributed by atoms with Crippen molar-refractivity contribution in [2.75, 3.05) is 34.3 Å². The lowest BCUT2D eigenvalue weighted by molar-refractivity contribution is -0.384. The number of nitro groups is 1. The molecule has 3 amide bonds. The number of ether oxygens (including phenoxy) is 2. The number of hydrogen-bond donors (Lipinski definition) is 2. The van der Waals surface area contributed by atoms with Crippen molar-refractivity contribution < 1.29 is 43.2 Å². The maximum absolute atomic E-state index is 14.7. The Morgan fingerprint density at radius 2 is 1.77 bits per heavy atom. The van der Waals surface area contributed by atoms with Crippen molar-refractivity contribution in [1.82, 2.24) is 25.4 Å². The average molecular weight is 869 g/mol. The summed E-state index contributed by atoms with van der Waals surface area (Å²) in [5, 5.41) is 18.6. The molecule has 2 aliphatic rings. The van der Waals surface area contributed by atoms with Crippen LogP contribution in [0.4, 0.5) is 10.5 Å². The van der Waals surface area contributed by atoms with E-state index < -0.39 is 58.2 Å². The van der Waals surface area contributed by atoms with Gasteiger partial charge in [0.05, 0.1) is 18.1 Å². The molecule has 2 fully saturated rings. The van der Waals surface area contributed by atoms with E-state index in [1.165, 1.54) is 19.2 Å². The molecular weight excluding hydrogens is 805 g/mol. The third-order valence-corrected chi connectivity index (χ3v) is 13.3. The smallest absolute Gasteiger partial charge is 0.407 e. The minimum Gasteiger partial charge on any atom is -0.463 e. The van der Waals surface area contributed by atoms with Crippen LogP contribution in [-0.2, 0) is 35.1 Å². The van der Waals surface area contributed by atoms with Gasteiger partial charge in [0.1, 0.15) is 10.7 Å². The molecule has 1 saturated carbocycles. The second-order valence-corrected chi connectivity index (χ2v) is 17.9. The van der Waals surface area contributed by atoms with Crippen LogP contribution in [0.25, 0.3) is 0 Å². The molecule has 6 atom stereocenters. The number of carbonyl (C=O) groups excluding carboxylic acids is 6. The molecule has 0 spiro atoms. The van der Waals surface area contributed by atoms with Gasteiger partial charge >= 0.3 is 12.1 Å². The number of carbonyl (C=O) groups is 6. The highest BCUT2D eigenvalue weighted by molar-refractivity contribution is 7.09. The Labute approximate surface area is 363 Å². The number of likely N-dealkylation sites (N-methyl/N-ethyl adjacent to an activating group) is 1. The molecule has 1 aliphatic heterocycles. The van der Waals surface area contributed by atoms with Gasteiger partial charge in [0, 0.05) is 67.4 Å². The minimum atomic E-state index is -1.01. The number of nitrogens with zero attached hydrogens (tertiary/aromatic N) is 4. The summed E-state index contributed by atoms with van der Waals surface area (Å²) in [4.78, 5) is 99.9. The molecule has 1 aliphatic carbocycles. The number of nitrogens with one attached hydrogen (secondary N) is 2. The zero-order valence-corrected chi connectivity index (χ0v) is 37.7.